The molecule has 0 spiro atoms. The largest absolute Gasteiger partial charge is 1.00 e. The topological polar surface area (TPSA) is 3.24 Å². The van der Waals surface area contributed by atoms with Crippen molar-refractivity contribution < 1.29 is 29.6 Å². The van der Waals surface area contributed by atoms with Crippen molar-refractivity contribution in [2.75, 3.05) is 19.0 Å². The summed E-state index contributed by atoms with van der Waals surface area (Å²) in [6, 6.07) is 15.8. The Morgan fingerprint density at radius 2 is 1.71 bits per heavy atom. The summed E-state index contributed by atoms with van der Waals surface area (Å²) >= 11 is 0. The monoisotopic (exact) mass is 193 g/mol. The van der Waals surface area contributed by atoms with Crippen molar-refractivity contribution in [1.29, 1.82) is 0 Å². The van der Waals surface area contributed by atoms with E-state index < -0.39 is 0 Å². The minimum atomic E-state index is 0. The van der Waals surface area contributed by atoms with Gasteiger partial charge in [-0.05, 0) is 5.69 Å². The molecule has 2 heteroatoms. The number of nitrogens with zero attached hydrogens (tertiary/aromatic N) is 1. The Bertz CT molecular complexity index is 423. The van der Waals surface area contributed by atoms with Crippen molar-refractivity contribution >= 4 is 16.5 Å². The van der Waals surface area contributed by atoms with Crippen molar-refractivity contribution in [3.05, 3.63) is 42.5 Å². The molecular weight excluding hydrogens is 181 g/mol. The van der Waals surface area contributed by atoms with E-state index in [9.17, 15) is 0 Å². The summed E-state index contributed by atoms with van der Waals surface area (Å²) in [7, 11) is 4.06. The van der Waals surface area contributed by atoms with Crippen molar-refractivity contribution in [3.8, 4) is 0 Å². The van der Waals surface area contributed by atoms with E-state index in [2.05, 4.69) is 35.2 Å². The van der Waals surface area contributed by atoms with Crippen LogP contribution in [0.4, 0.5) is 5.69 Å². The summed E-state index contributed by atoms with van der Waals surface area (Å²) in [5.74, 6) is 0. The molecule has 0 radical (unpaired) electrons. The Morgan fingerprint density at radius 3 is 2.43 bits per heavy atom. The molecule has 0 fully saturated rings. The van der Waals surface area contributed by atoms with E-state index in [0.29, 0.717) is 0 Å². The quantitative estimate of drug-likeness (QED) is 0.444. The molecule has 2 aromatic carbocycles. The molecule has 0 saturated carbocycles. The second-order valence-corrected chi connectivity index (χ2v) is 3.33. The van der Waals surface area contributed by atoms with E-state index in [1.807, 2.05) is 26.2 Å². The van der Waals surface area contributed by atoms with Gasteiger partial charge in [0.15, 0.2) is 0 Å². The Kier molecular flexibility index (Phi) is 3.99. The summed E-state index contributed by atoms with van der Waals surface area (Å²) in [5.41, 5.74) is 1.12. The predicted molar refractivity (Wildman–Crippen MR) is 57.1 cm³/mol. The van der Waals surface area contributed by atoms with Crippen molar-refractivity contribution in [3.63, 3.8) is 0 Å². The second kappa shape index (κ2) is 4.83. The van der Waals surface area contributed by atoms with Crippen molar-refractivity contribution in [2.24, 2.45) is 0 Å². The molecule has 1 nitrogen and oxygen atoms in total. The Hall–Kier alpha value is -0.500. The minimum Gasteiger partial charge on any atom is -0.394 e. The molecule has 0 atom stereocenters. The van der Waals surface area contributed by atoms with E-state index in [0.717, 1.165) is 5.69 Å². The molecule has 66 valence electrons. The van der Waals surface area contributed by atoms with Gasteiger partial charge >= 0.3 is 29.6 Å². The summed E-state index contributed by atoms with van der Waals surface area (Å²) in [4.78, 5) is 2.06. The maximum atomic E-state index is 3.35. The minimum absolute atomic E-state index is 0. The van der Waals surface area contributed by atoms with Crippen LogP contribution in [0.1, 0.15) is 0 Å². The van der Waals surface area contributed by atoms with Crippen LogP contribution in [0.15, 0.2) is 36.4 Å². The maximum Gasteiger partial charge on any atom is 1.00 e. The third-order valence-electron chi connectivity index (χ3n) is 2.13. The van der Waals surface area contributed by atoms with E-state index in [1.54, 1.807) is 0 Å². The first-order valence-corrected chi connectivity index (χ1v) is 4.36. The molecular formula is C12H12NNa. The normalized spacial score (nSPS) is 9.57. The van der Waals surface area contributed by atoms with Crippen LogP contribution in [0.25, 0.3) is 10.8 Å². The molecule has 0 aliphatic rings. The third kappa shape index (κ3) is 2.30. The summed E-state index contributed by atoms with van der Waals surface area (Å²) in [6.07, 6.45) is 0. The number of benzene rings is 2. The number of fused-ring (bicyclic) bond motifs is 1. The summed E-state index contributed by atoms with van der Waals surface area (Å²) in [6.45, 7) is 0. The summed E-state index contributed by atoms with van der Waals surface area (Å²) in [5, 5.41) is 2.42. The van der Waals surface area contributed by atoms with Gasteiger partial charge in [-0.3, -0.25) is 0 Å². The van der Waals surface area contributed by atoms with Gasteiger partial charge in [-0.2, -0.15) is 0 Å². The van der Waals surface area contributed by atoms with Gasteiger partial charge < -0.3 is 4.90 Å². The third-order valence-corrected chi connectivity index (χ3v) is 2.13. The molecule has 2 rings (SSSR count). The molecule has 2 aromatic rings. The van der Waals surface area contributed by atoms with Crippen LogP contribution in [0.3, 0.4) is 0 Å². The molecule has 0 saturated heterocycles. The molecule has 0 aliphatic carbocycles. The zero-order valence-corrected chi connectivity index (χ0v) is 10.9. The zero-order valence-electron chi connectivity index (χ0n) is 8.91. The van der Waals surface area contributed by atoms with Crippen LogP contribution in [-0.4, -0.2) is 14.1 Å². The second-order valence-electron chi connectivity index (χ2n) is 3.33. The van der Waals surface area contributed by atoms with E-state index in [-0.39, 0.29) is 29.6 Å². The fourth-order valence-corrected chi connectivity index (χ4v) is 1.37. The van der Waals surface area contributed by atoms with E-state index in [1.165, 1.54) is 10.8 Å². The standard InChI is InChI=1S/C12H12N.Na/c1-13(2)12-8-7-10-5-3-4-6-11(10)9-12;/h3-8H,1-2H3;/q-1;+1. The maximum absolute atomic E-state index is 3.35. The van der Waals surface area contributed by atoms with Gasteiger partial charge in [0.1, 0.15) is 0 Å². The Balaban J connectivity index is 0.000000980. The molecule has 0 N–H and O–H groups in total. The Morgan fingerprint density at radius 1 is 1.00 bits per heavy atom. The van der Waals surface area contributed by atoms with Gasteiger partial charge in [-0.1, -0.05) is 12.1 Å². The van der Waals surface area contributed by atoms with Gasteiger partial charge in [0.25, 0.3) is 0 Å². The van der Waals surface area contributed by atoms with Crippen molar-refractivity contribution in [2.45, 2.75) is 0 Å². The first kappa shape index (κ1) is 11.6. The fourth-order valence-electron chi connectivity index (χ4n) is 1.37. The summed E-state index contributed by atoms with van der Waals surface area (Å²) < 4.78 is 0. The van der Waals surface area contributed by atoms with Gasteiger partial charge in [-0.25, -0.2) is 0 Å². The molecule has 14 heavy (non-hydrogen) atoms. The van der Waals surface area contributed by atoms with Crippen LogP contribution in [-0.2, 0) is 0 Å². The molecule has 0 heterocycles. The first-order valence-electron chi connectivity index (χ1n) is 4.36. The number of hydrogen-bond acceptors (Lipinski definition) is 1. The van der Waals surface area contributed by atoms with Crippen LogP contribution in [0, 0.1) is 6.07 Å². The Labute approximate surface area is 107 Å². The molecule has 0 bridgehead atoms. The van der Waals surface area contributed by atoms with Gasteiger partial charge in [0.2, 0.25) is 0 Å². The number of rotatable bonds is 1. The molecule has 0 amide bonds. The van der Waals surface area contributed by atoms with E-state index >= 15 is 0 Å². The smallest absolute Gasteiger partial charge is 0.394 e. The van der Waals surface area contributed by atoms with Crippen LogP contribution < -0.4 is 34.5 Å². The predicted octanol–water partition coefficient (Wildman–Crippen LogP) is -0.290. The first-order chi connectivity index (χ1) is 6.27. The van der Waals surface area contributed by atoms with Gasteiger partial charge in [-0.15, -0.1) is 41.1 Å². The fraction of sp³-hybridized carbons (Fsp3) is 0.167. The number of hydrogen-bond donors (Lipinski definition) is 0. The SMILES string of the molecule is CN(C)c1[c-]c2ccccc2cc1.[Na+]. The zero-order chi connectivity index (χ0) is 9.26. The van der Waals surface area contributed by atoms with E-state index in [4.69, 9.17) is 0 Å². The average Bonchev–Trinajstić information content (AvgIpc) is 2.17. The van der Waals surface area contributed by atoms with Crippen LogP contribution in [0.5, 0.6) is 0 Å². The molecule has 0 aromatic heterocycles. The molecule has 0 aliphatic heterocycles. The van der Waals surface area contributed by atoms with Gasteiger partial charge in [0, 0.05) is 14.1 Å². The average molecular weight is 193 g/mol. The van der Waals surface area contributed by atoms with Gasteiger partial charge in [0.05, 0.1) is 0 Å². The van der Waals surface area contributed by atoms with Crippen molar-refractivity contribution in [1.82, 2.24) is 0 Å². The van der Waals surface area contributed by atoms with Crippen LogP contribution >= 0.6 is 0 Å². The number of anilines is 1. The molecule has 0 unspecified atom stereocenters. The van der Waals surface area contributed by atoms with Crippen LogP contribution in [0.2, 0.25) is 0 Å².